The predicted molar refractivity (Wildman–Crippen MR) is 167 cm³/mol. The highest BCUT2D eigenvalue weighted by Crippen LogP contribution is 2.37. The summed E-state index contributed by atoms with van der Waals surface area (Å²) in [5.74, 6) is -0.576. The zero-order valence-electron chi connectivity index (χ0n) is 23.4. The summed E-state index contributed by atoms with van der Waals surface area (Å²) in [5, 5.41) is 2.78. The van der Waals surface area contributed by atoms with E-state index >= 15 is 4.39 Å². The topological polar surface area (TPSA) is 104 Å². The summed E-state index contributed by atoms with van der Waals surface area (Å²) in [7, 11) is 0. The molecule has 1 aliphatic rings. The van der Waals surface area contributed by atoms with Crippen molar-refractivity contribution >= 4 is 23.2 Å². The number of halogens is 1. The van der Waals surface area contributed by atoms with Gasteiger partial charge in [0.15, 0.2) is 11.6 Å². The van der Waals surface area contributed by atoms with Crippen LogP contribution in [-0.4, -0.2) is 38.3 Å². The zero-order chi connectivity index (χ0) is 30.0. The quantitative estimate of drug-likeness (QED) is 0.234. The van der Waals surface area contributed by atoms with E-state index < -0.39 is 11.7 Å². The Morgan fingerprint density at radius 2 is 1.52 bits per heavy atom. The summed E-state index contributed by atoms with van der Waals surface area (Å²) >= 11 is 0. The number of nitrogens with zero attached hydrogens (tertiary/aromatic N) is 4. The van der Waals surface area contributed by atoms with Gasteiger partial charge < -0.3 is 15.2 Å². The molecule has 44 heavy (non-hydrogen) atoms. The molecule has 0 fully saturated rings. The molecule has 8 nitrogen and oxygen atoms in total. The molecule has 0 atom stereocenters. The molecule has 214 valence electrons. The molecular weight excluding hydrogens is 555 g/mol. The molecule has 0 saturated heterocycles. The Labute approximate surface area is 252 Å². The molecule has 0 bridgehead atoms. The van der Waals surface area contributed by atoms with Crippen LogP contribution in [0.5, 0.6) is 0 Å². The number of imidazole rings is 1. The van der Waals surface area contributed by atoms with E-state index in [1.54, 1.807) is 41.6 Å². The number of hydrogen-bond acceptors (Lipinski definition) is 5. The van der Waals surface area contributed by atoms with Crippen molar-refractivity contribution in [1.29, 1.82) is 0 Å². The van der Waals surface area contributed by atoms with Gasteiger partial charge in [-0.3, -0.25) is 9.59 Å². The molecule has 2 amide bonds. The lowest BCUT2D eigenvalue weighted by Gasteiger charge is -2.23. The smallest absolute Gasteiger partial charge is 0.261 e. The molecule has 2 N–H and O–H groups in total. The van der Waals surface area contributed by atoms with E-state index in [9.17, 15) is 9.59 Å². The molecule has 4 aromatic carbocycles. The highest BCUT2D eigenvalue weighted by atomic mass is 19.1. The second-order valence-electron chi connectivity index (χ2n) is 10.3. The van der Waals surface area contributed by atoms with Gasteiger partial charge >= 0.3 is 0 Å². The minimum Gasteiger partial charge on any atom is -0.339 e. The molecule has 7 rings (SSSR count). The maximum Gasteiger partial charge on any atom is 0.261 e. The van der Waals surface area contributed by atoms with Gasteiger partial charge in [-0.25, -0.2) is 19.3 Å². The number of aromatic nitrogens is 4. The summed E-state index contributed by atoms with van der Waals surface area (Å²) in [6.45, 7) is 0.300. The lowest BCUT2D eigenvalue weighted by molar-refractivity contribution is 0.0982. The number of anilines is 2. The Balaban J connectivity index is 1.15. The molecule has 0 radical (unpaired) electrons. The first kappa shape index (κ1) is 26.9. The molecule has 2 aromatic heterocycles. The van der Waals surface area contributed by atoms with Crippen molar-refractivity contribution in [1.82, 2.24) is 19.9 Å². The van der Waals surface area contributed by atoms with Crippen molar-refractivity contribution in [2.24, 2.45) is 0 Å². The molecule has 0 spiro atoms. The SMILES string of the molecule is O=C(Nc1ccc(C(=O)N2CCc3[nH]c(-c4ncccn4)nc3-c3ccccc32)c(F)c1)c1ccccc1-c1ccccc1. The number of fused-ring (bicyclic) bond motifs is 3. The normalized spacial score (nSPS) is 12.2. The lowest BCUT2D eigenvalue weighted by atomic mass is 9.99. The molecule has 0 saturated carbocycles. The van der Waals surface area contributed by atoms with Crippen LogP contribution >= 0.6 is 0 Å². The van der Waals surface area contributed by atoms with E-state index in [2.05, 4.69) is 20.3 Å². The van der Waals surface area contributed by atoms with Gasteiger partial charge in [-0.15, -0.1) is 0 Å². The van der Waals surface area contributed by atoms with Gasteiger partial charge in [0, 0.05) is 47.9 Å². The molecule has 9 heteroatoms. The lowest BCUT2D eigenvalue weighted by Crippen LogP contribution is -2.33. The number of H-pyrrole nitrogens is 1. The van der Waals surface area contributed by atoms with E-state index in [-0.39, 0.29) is 17.2 Å². The first-order chi connectivity index (χ1) is 21.6. The summed E-state index contributed by atoms with van der Waals surface area (Å²) in [5.41, 5.74) is 5.18. The largest absolute Gasteiger partial charge is 0.339 e. The van der Waals surface area contributed by atoms with Crippen molar-refractivity contribution < 1.29 is 14.0 Å². The van der Waals surface area contributed by atoms with Gasteiger partial charge in [0.25, 0.3) is 11.8 Å². The van der Waals surface area contributed by atoms with E-state index in [1.807, 2.05) is 66.7 Å². The summed E-state index contributed by atoms with van der Waals surface area (Å²) < 4.78 is 15.5. The zero-order valence-corrected chi connectivity index (χ0v) is 23.4. The first-order valence-corrected chi connectivity index (χ1v) is 14.1. The van der Waals surface area contributed by atoms with Crippen LogP contribution in [0.1, 0.15) is 26.4 Å². The van der Waals surface area contributed by atoms with Crippen molar-refractivity contribution in [3.05, 3.63) is 138 Å². The summed E-state index contributed by atoms with van der Waals surface area (Å²) in [6.07, 6.45) is 3.77. The van der Waals surface area contributed by atoms with Crippen LogP contribution in [0.2, 0.25) is 0 Å². The van der Waals surface area contributed by atoms with Crippen molar-refractivity contribution in [3.8, 4) is 34.0 Å². The Morgan fingerprint density at radius 1 is 0.795 bits per heavy atom. The average molecular weight is 581 g/mol. The van der Waals surface area contributed by atoms with Crippen LogP contribution in [0.25, 0.3) is 34.0 Å². The van der Waals surface area contributed by atoms with Gasteiger partial charge in [0.2, 0.25) is 0 Å². The minimum absolute atomic E-state index is 0.0978. The monoisotopic (exact) mass is 580 g/mol. The third-order valence-corrected chi connectivity index (χ3v) is 7.55. The molecule has 0 aliphatic carbocycles. The van der Waals surface area contributed by atoms with Crippen LogP contribution in [0.15, 0.2) is 116 Å². The van der Waals surface area contributed by atoms with Crippen LogP contribution in [0, 0.1) is 5.82 Å². The van der Waals surface area contributed by atoms with Crippen LogP contribution in [-0.2, 0) is 6.42 Å². The Hall–Kier alpha value is -5.96. The maximum absolute atomic E-state index is 15.5. The number of rotatable bonds is 5. The number of carbonyl (C=O) groups excluding carboxylic acids is 2. The van der Waals surface area contributed by atoms with E-state index in [0.717, 1.165) is 22.4 Å². The molecule has 1 aliphatic heterocycles. The highest BCUT2D eigenvalue weighted by molar-refractivity contribution is 6.10. The third-order valence-electron chi connectivity index (χ3n) is 7.55. The van der Waals surface area contributed by atoms with Gasteiger partial charge in [0.1, 0.15) is 5.82 Å². The fourth-order valence-electron chi connectivity index (χ4n) is 5.47. The van der Waals surface area contributed by atoms with E-state index in [4.69, 9.17) is 4.98 Å². The number of aromatic amines is 1. The second kappa shape index (κ2) is 11.4. The molecule has 6 aromatic rings. The Kier molecular flexibility index (Phi) is 6.96. The predicted octanol–water partition coefficient (Wildman–Crippen LogP) is 6.80. The fraction of sp³-hybridized carbons (Fsp3) is 0.0571. The molecular formula is C35H25FN6O2. The minimum atomic E-state index is -0.731. The number of benzene rings is 4. The van der Waals surface area contributed by atoms with Gasteiger partial charge in [0.05, 0.1) is 16.9 Å². The Bertz CT molecular complexity index is 2010. The third kappa shape index (κ3) is 5.00. The van der Waals surface area contributed by atoms with Crippen LogP contribution in [0.4, 0.5) is 15.8 Å². The maximum atomic E-state index is 15.5. The van der Waals surface area contributed by atoms with Crippen LogP contribution < -0.4 is 10.2 Å². The second-order valence-corrected chi connectivity index (χ2v) is 10.3. The van der Waals surface area contributed by atoms with Crippen molar-refractivity contribution in [2.75, 3.05) is 16.8 Å². The van der Waals surface area contributed by atoms with Crippen molar-refractivity contribution in [2.45, 2.75) is 6.42 Å². The molecule has 0 unspecified atom stereocenters. The highest BCUT2D eigenvalue weighted by Gasteiger charge is 2.29. The van der Waals surface area contributed by atoms with Gasteiger partial charge in [-0.1, -0.05) is 66.7 Å². The first-order valence-electron chi connectivity index (χ1n) is 14.1. The fourth-order valence-corrected chi connectivity index (χ4v) is 5.47. The standard InChI is InChI=1S/C35H25FN6O2/c36-28-21-23(39-34(43)25-12-5-4-11-24(25)22-9-2-1-3-10-22)15-16-26(28)35(44)42-20-17-29-31(27-13-6-7-14-30(27)42)41-33(40-29)32-37-18-8-19-38-32/h1-16,18-19,21H,17,20H2,(H,39,43)(H,40,41). The number of amides is 2. The van der Waals surface area contributed by atoms with E-state index in [1.165, 1.54) is 12.1 Å². The number of nitrogens with one attached hydrogen (secondary N) is 2. The van der Waals surface area contributed by atoms with Crippen LogP contribution in [0.3, 0.4) is 0 Å². The van der Waals surface area contributed by atoms with Gasteiger partial charge in [-0.2, -0.15) is 0 Å². The number of hydrogen-bond donors (Lipinski definition) is 2. The van der Waals surface area contributed by atoms with Gasteiger partial charge in [-0.05, 0) is 47.5 Å². The Morgan fingerprint density at radius 3 is 2.32 bits per heavy atom. The summed E-state index contributed by atoms with van der Waals surface area (Å²) in [6, 6.07) is 30.1. The van der Waals surface area contributed by atoms with Crippen molar-refractivity contribution in [3.63, 3.8) is 0 Å². The van der Waals surface area contributed by atoms with E-state index in [0.29, 0.717) is 41.6 Å². The average Bonchev–Trinajstić information content (AvgIpc) is 3.43. The summed E-state index contributed by atoms with van der Waals surface area (Å²) in [4.78, 5) is 45.2. The molecule has 3 heterocycles. The number of para-hydroxylation sites is 1. The number of carbonyl (C=O) groups is 2.